The molecule has 10 heavy (non-hydrogen) atoms. The SMILES string of the molecule is C1CCC(C2CCNN2)C1. The van der Waals surface area contributed by atoms with Gasteiger partial charge in [0.05, 0.1) is 0 Å². The topological polar surface area (TPSA) is 24.1 Å². The molecule has 2 aliphatic rings. The van der Waals surface area contributed by atoms with Gasteiger partial charge in [-0.05, 0) is 25.2 Å². The van der Waals surface area contributed by atoms with Gasteiger partial charge in [0.15, 0.2) is 0 Å². The zero-order valence-electron chi connectivity index (χ0n) is 6.40. The molecule has 1 saturated carbocycles. The second-order valence-corrected chi connectivity index (χ2v) is 3.51. The van der Waals surface area contributed by atoms with Crippen LogP contribution in [-0.4, -0.2) is 12.6 Å². The number of hydrogen-bond donors (Lipinski definition) is 2. The van der Waals surface area contributed by atoms with E-state index >= 15 is 0 Å². The number of hydrogen-bond acceptors (Lipinski definition) is 2. The maximum atomic E-state index is 3.35. The lowest BCUT2D eigenvalue weighted by Gasteiger charge is -2.16. The van der Waals surface area contributed by atoms with E-state index in [1.54, 1.807) is 0 Å². The normalized spacial score (nSPS) is 35.4. The molecule has 2 heteroatoms. The second kappa shape index (κ2) is 2.89. The third-order valence-electron chi connectivity index (χ3n) is 2.84. The Hall–Kier alpha value is -0.0800. The Bertz CT molecular complexity index is 87.8. The van der Waals surface area contributed by atoms with E-state index in [1.807, 2.05) is 0 Å². The van der Waals surface area contributed by atoms with Crippen molar-refractivity contribution in [2.45, 2.75) is 38.1 Å². The van der Waals surface area contributed by atoms with Crippen LogP contribution in [0.5, 0.6) is 0 Å². The van der Waals surface area contributed by atoms with Gasteiger partial charge >= 0.3 is 0 Å². The monoisotopic (exact) mass is 140 g/mol. The molecule has 1 aliphatic heterocycles. The van der Waals surface area contributed by atoms with E-state index < -0.39 is 0 Å². The fourth-order valence-corrected chi connectivity index (χ4v) is 2.22. The first-order valence-corrected chi connectivity index (χ1v) is 4.45. The average Bonchev–Trinajstić information content (AvgIpc) is 2.59. The summed E-state index contributed by atoms with van der Waals surface area (Å²) in [6, 6.07) is 0.794. The summed E-state index contributed by atoms with van der Waals surface area (Å²) in [4.78, 5) is 0. The van der Waals surface area contributed by atoms with Gasteiger partial charge in [-0.1, -0.05) is 12.8 Å². The molecule has 1 aliphatic carbocycles. The van der Waals surface area contributed by atoms with Crippen molar-refractivity contribution in [1.29, 1.82) is 0 Å². The van der Waals surface area contributed by atoms with Gasteiger partial charge in [-0.15, -0.1) is 0 Å². The lowest BCUT2D eigenvalue weighted by atomic mass is 9.97. The second-order valence-electron chi connectivity index (χ2n) is 3.51. The minimum absolute atomic E-state index is 0.794. The molecular weight excluding hydrogens is 124 g/mol. The van der Waals surface area contributed by atoms with E-state index in [1.165, 1.54) is 38.6 Å². The standard InChI is InChI=1S/C8H16N2/c1-2-4-7(3-1)8-5-6-9-10-8/h7-10H,1-6H2. The molecule has 0 aromatic heterocycles. The first kappa shape index (κ1) is 6.62. The highest BCUT2D eigenvalue weighted by atomic mass is 15.4. The number of rotatable bonds is 1. The first-order chi connectivity index (χ1) is 4.97. The summed E-state index contributed by atoms with van der Waals surface area (Å²) in [5.41, 5.74) is 6.55. The molecule has 58 valence electrons. The van der Waals surface area contributed by atoms with Crippen LogP contribution in [0.15, 0.2) is 0 Å². The van der Waals surface area contributed by atoms with Crippen molar-refractivity contribution in [3.8, 4) is 0 Å². The van der Waals surface area contributed by atoms with Crippen LogP contribution in [-0.2, 0) is 0 Å². The van der Waals surface area contributed by atoms with Crippen LogP contribution in [0.3, 0.4) is 0 Å². The summed E-state index contributed by atoms with van der Waals surface area (Å²) in [6.45, 7) is 1.17. The Morgan fingerprint density at radius 1 is 1.00 bits per heavy atom. The van der Waals surface area contributed by atoms with Gasteiger partial charge in [0, 0.05) is 12.6 Å². The molecule has 1 unspecified atom stereocenters. The molecule has 1 heterocycles. The molecule has 2 rings (SSSR count). The minimum atomic E-state index is 0.794. The van der Waals surface area contributed by atoms with Crippen LogP contribution in [0, 0.1) is 5.92 Å². The summed E-state index contributed by atoms with van der Waals surface area (Å²) in [6.07, 6.45) is 7.18. The summed E-state index contributed by atoms with van der Waals surface area (Å²) >= 11 is 0. The van der Waals surface area contributed by atoms with Crippen LogP contribution in [0.25, 0.3) is 0 Å². The van der Waals surface area contributed by atoms with Gasteiger partial charge in [-0.3, -0.25) is 10.9 Å². The third-order valence-corrected chi connectivity index (χ3v) is 2.84. The molecule has 0 aromatic rings. The Morgan fingerprint density at radius 2 is 1.80 bits per heavy atom. The Kier molecular flexibility index (Phi) is 1.91. The van der Waals surface area contributed by atoms with Gasteiger partial charge < -0.3 is 0 Å². The lowest BCUT2D eigenvalue weighted by molar-refractivity contribution is 0.384. The molecule has 2 fully saturated rings. The van der Waals surface area contributed by atoms with Crippen molar-refractivity contribution < 1.29 is 0 Å². The van der Waals surface area contributed by atoms with Gasteiger partial charge in [0.25, 0.3) is 0 Å². The van der Waals surface area contributed by atoms with E-state index in [-0.39, 0.29) is 0 Å². The van der Waals surface area contributed by atoms with E-state index in [9.17, 15) is 0 Å². The largest absolute Gasteiger partial charge is 0.258 e. The van der Waals surface area contributed by atoms with Crippen molar-refractivity contribution in [3.05, 3.63) is 0 Å². The predicted octanol–water partition coefficient (Wildman–Crippen LogP) is 1.04. The average molecular weight is 140 g/mol. The van der Waals surface area contributed by atoms with Crippen LogP contribution < -0.4 is 10.9 Å². The van der Waals surface area contributed by atoms with E-state index in [2.05, 4.69) is 10.9 Å². The van der Waals surface area contributed by atoms with E-state index in [4.69, 9.17) is 0 Å². The maximum absolute atomic E-state index is 3.35. The summed E-state index contributed by atoms with van der Waals surface area (Å²) in [5.74, 6) is 0.981. The molecule has 0 bridgehead atoms. The van der Waals surface area contributed by atoms with Crippen molar-refractivity contribution in [2.24, 2.45) is 5.92 Å². The molecular formula is C8H16N2. The quantitative estimate of drug-likeness (QED) is 0.568. The highest BCUT2D eigenvalue weighted by Gasteiger charge is 2.26. The van der Waals surface area contributed by atoms with Crippen LogP contribution in [0.4, 0.5) is 0 Å². The molecule has 0 amide bonds. The smallest absolute Gasteiger partial charge is 0.0253 e. The van der Waals surface area contributed by atoms with Crippen LogP contribution >= 0.6 is 0 Å². The molecule has 0 aromatic carbocycles. The molecule has 0 spiro atoms. The summed E-state index contributed by atoms with van der Waals surface area (Å²) in [5, 5.41) is 0. The fourth-order valence-electron chi connectivity index (χ4n) is 2.22. The fraction of sp³-hybridized carbons (Fsp3) is 1.00. The number of nitrogens with one attached hydrogen (secondary N) is 2. The number of hydrazine groups is 1. The molecule has 1 atom stereocenters. The lowest BCUT2D eigenvalue weighted by Crippen LogP contribution is -2.34. The zero-order chi connectivity index (χ0) is 6.81. The third kappa shape index (κ3) is 1.18. The van der Waals surface area contributed by atoms with E-state index in [0.717, 1.165) is 12.0 Å². The Labute approximate surface area is 62.4 Å². The van der Waals surface area contributed by atoms with Crippen molar-refractivity contribution in [2.75, 3.05) is 6.54 Å². The highest BCUT2D eigenvalue weighted by molar-refractivity contribution is 4.82. The molecule has 1 saturated heterocycles. The highest BCUT2D eigenvalue weighted by Crippen LogP contribution is 2.29. The first-order valence-electron chi connectivity index (χ1n) is 4.45. The van der Waals surface area contributed by atoms with Crippen molar-refractivity contribution in [3.63, 3.8) is 0 Å². The van der Waals surface area contributed by atoms with Crippen LogP contribution in [0.2, 0.25) is 0 Å². The summed E-state index contributed by atoms with van der Waals surface area (Å²) < 4.78 is 0. The zero-order valence-corrected chi connectivity index (χ0v) is 6.40. The summed E-state index contributed by atoms with van der Waals surface area (Å²) in [7, 11) is 0. The molecule has 0 radical (unpaired) electrons. The van der Waals surface area contributed by atoms with Crippen molar-refractivity contribution >= 4 is 0 Å². The molecule has 2 N–H and O–H groups in total. The van der Waals surface area contributed by atoms with Gasteiger partial charge in [-0.2, -0.15) is 0 Å². The van der Waals surface area contributed by atoms with Gasteiger partial charge in [0.1, 0.15) is 0 Å². The predicted molar refractivity (Wildman–Crippen MR) is 41.5 cm³/mol. The van der Waals surface area contributed by atoms with Gasteiger partial charge in [0.2, 0.25) is 0 Å². The Balaban J connectivity index is 1.85. The van der Waals surface area contributed by atoms with E-state index in [0.29, 0.717) is 0 Å². The van der Waals surface area contributed by atoms with Crippen LogP contribution in [0.1, 0.15) is 32.1 Å². The van der Waals surface area contributed by atoms with Crippen molar-refractivity contribution in [1.82, 2.24) is 10.9 Å². The van der Waals surface area contributed by atoms with Gasteiger partial charge in [-0.25, -0.2) is 0 Å². The molecule has 2 nitrogen and oxygen atoms in total. The maximum Gasteiger partial charge on any atom is 0.0253 e. The minimum Gasteiger partial charge on any atom is -0.258 e. The Morgan fingerprint density at radius 3 is 2.40 bits per heavy atom.